The SMILES string of the molecule is N#Cc1cnc(N)cc1NC1CCOC1. The lowest BCUT2D eigenvalue weighted by atomic mass is 10.2. The van der Waals surface area contributed by atoms with Gasteiger partial charge in [0.05, 0.1) is 23.9 Å². The number of rotatable bonds is 2. The molecular formula is C10H12N4O. The molecule has 78 valence electrons. The first-order chi connectivity index (χ1) is 7.29. The number of anilines is 2. The Hall–Kier alpha value is -1.80. The monoisotopic (exact) mass is 204 g/mol. The third-order valence-corrected chi connectivity index (χ3v) is 2.33. The largest absolute Gasteiger partial charge is 0.384 e. The van der Waals surface area contributed by atoms with Gasteiger partial charge in [0.2, 0.25) is 0 Å². The van der Waals surface area contributed by atoms with Gasteiger partial charge in [-0.2, -0.15) is 5.26 Å². The lowest BCUT2D eigenvalue weighted by Gasteiger charge is -2.13. The van der Waals surface area contributed by atoms with Crippen LogP contribution in [0.1, 0.15) is 12.0 Å². The van der Waals surface area contributed by atoms with Gasteiger partial charge in [-0.1, -0.05) is 0 Å². The number of pyridine rings is 1. The van der Waals surface area contributed by atoms with Gasteiger partial charge in [0.25, 0.3) is 0 Å². The van der Waals surface area contributed by atoms with E-state index in [0.717, 1.165) is 18.7 Å². The van der Waals surface area contributed by atoms with E-state index in [1.54, 1.807) is 6.07 Å². The van der Waals surface area contributed by atoms with Crippen LogP contribution in [0, 0.1) is 11.3 Å². The number of nitrogens with one attached hydrogen (secondary N) is 1. The highest BCUT2D eigenvalue weighted by Gasteiger charge is 2.16. The fourth-order valence-corrected chi connectivity index (χ4v) is 1.55. The standard InChI is InChI=1S/C10H12N4O/c11-4-7-5-13-10(12)3-9(7)14-8-1-2-15-6-8/h3,5,8H,1-2,6H2,(H3,12,13,14). The molecule has 0 radical (unpaired) electrons. The van der Waals surface area contributed by atoms with Crippen molar-refractivity contribution in [2.75, 3.05) is 24.3 Å². The first-order valence-corrected chi connectivity index (χ1v) is 4.79. The number of nitriles is 1. The summed E-state index contributed by atoms with van der Waals surface area (Å²) in [6.45, 7) is 1.44. The maximum Gasteiger partial charge on any atom is 0.125 e. The van der Waals surface area contributed by atoms with Gasteiger partial charge in [-0.25, -0.2) is 4.98 Å². The second kappa shape index (κ2) is 4.15. The van der Waals surface area contributed by atoms with Crippen LogP contribution in [-0.2, 0) is 4.74 Å². The van der Waals surface area contributed by atoms with Crippen LogP contribution in [0.15, 0.2) is 12.3 Å². The average Bonchev–Trinajstić information content (AvgIpc) is 2.71. The van der Waals surface area contributed by atoms with Crippen molar-refractivity contribution in [1.29, 1.82) is 5.26 Å². The van der Waals surface area contributed by atoms with E-state index >= 15 is 0 Å². The molecule has 5 heteroatoms. The number of hydrogen-bond donors (Lipinski definition) is 2. The summed E-state index contributed by atoms with van der Waals surface area (Å²) >= 11 is 0. The topological polar surface area (TPSA) is 84.0 Å². The second-order valence-electron chi connectivity index (χ2n) is 3.47. The van der Waals surface area contributed by atoms with Crippen LogP contribution in [0.4, 0.5) is 11.5 Å². The molecule has 1 unspecified atom stereocenters. The summed E-state index contributed by atoms with van der Waals surface area (Å²) in [6, 6.07) is 4.02. The molecule has 1 aromatic heterocycles. The van der Waals surface area contributed by atoms with Crippen LogP contribution in [0.25, 0.3) is 0 Å². The number of hydrogen-bond acceptors (Lipinski definition) is 5. The predicted molar refractivity (Wildman–Crippen MR) is 56.2 cm³/mol. The quantitative estimate of drug-likeness (QED) is 0.742. The highest BCUT2D eigenvalue weighted by molar-refractivity contribution is 5.61. The van der Waals surface area contributed by atoms with Gasteiger partial charge in [0, 0.05) is 18.9 Å². The second-order valence-corrected chi connectivity index (χ2v) is 3.47. The van der Waals surface area contributed by atoms with Crippen molar-refractivity contribution in [2.45, 2.75) is 12.5 Å². The number of aromatic nitrogens is 1. The number of nitrogens with zero attached hydrogens (tertiary/aromatic N) is 2. The van der Waals surface area contributed by atoms with E-state index in [9.17, 15) is 0 Å². The predicted octanol–water partition coefficient (Wildman–Crippen LogP) is 0.736. The Morgan fingerprint density at radius 1 is 1.67 bits per heavy atom. The molecule has 0 amide bonds. The Morgan fingerprint density at radius 3 is 3.20 bits per heavy atom. The third-order valence-electron chi connectivity index (χ3n) is 2.33. The normalized spacial score (nSPS) is 19.8. The molecule has 2 rings (SSSR count). The summed E-state index contributed by atoms with van der Waals surface area (Å²) in [5, 5.41) is 12.1. The van der Waals surface area contributed by atoms with E-state index in [1.807, 2.05) is 0 Å². The molecule has 1 aliphatic rings. The summed E-state index contributed by atoms with van der Waals surface area (Å²) in [5.41, 5.74) is 6.81. The minimum Gasteiger partial charge on any atom is -0.384 e. The van der Waals surface area contributed by atoms with Crippen LogP contribution in [0.3, 0.4) is 0 Å². The van der Waals surface area contributed by atoms with E-state index in [-0.39, 0.29) is 6.04 Å². The highest BCUT2D eigenvalue weighted by Crippen LogP contribution is 2.19. The van der Waals surface area contributed by atoms with Gasteiger partial charge in [-0.3, -0.25) is 0 Å². The van der Waals surface area contributed by atoms with Gasteiger partial charge in [-0.15, -0.1) is 0 Å². The Kier molecular flexibility index (Phi) is 2.70. The van der Waals surface area contributed by atoms with Crippen molar-refractivity contribution in [1.82, 2.24) is 4.98 Å². The summed E-state index contributed by atoms with van der Waals surface area (Å²) in [4.78, 5) is 3.87. The van der Waals surface area contributed by atoms with E-state index in [0.29, 0.717) is 18.0 Å². The minimum absolute atomic E-state index is 0.263. The van der Waals surface area contributed by atoms with Crippen molar-refractivity contribution < 1.29 is 4.74 Å². The Morgan fingerprint density at radius 2 is 2.53 bits per heavy atom. The van der Waals surface area contributed by atoms with Gasteiger partial charge < -0.3 is 15.8 Å². The van der Waals surface area contributed by atoms with Crippen molar-refractivity contribution in [3.05, 3.63) is 17.8 Å². The molecule has 3 N–H and O–H groups in total. The molecule has 0 spiro atoms. The van der Waals surface area contributed by atoms with Crippen LogP contribution in [0.5, 0.6) is 0 Å². The zero-order valence-electron chi connectivity index (χ0n) is 8.23. The fraction of sp³-hybridized carbons (Fsp3) is 0.400. The maximum atomic E-state index is 8.88. The van der Waals surface area contributed by atoms with Crippen molar-refractivity contribution in [3.8, 4) is 6.07 Å². The zero-order valence-corrected chi connectivity index (χ0v) is 8.23. The van der Waals surface area contributed by atoms with Crippen LogP contribution in [-0.4, -0.2) is 24.2 Å². The Balaban J connectivity index is 2.18. The summed E-state index contributed by atoms with van der Waals surface area (Å²) in [7, 11) is 0. The van der Waals surface area contributed by atoms with Crippen LogP contribution < -0.4 is 11.1 Å². The average molecular weight is 204 g/mol. The summed E-state index contributed by atoms with van der Waals surface area (Å²) in [5.74, 6) is 0.412. The molecule has 2 heterocycles. The first-order valence-electron chi connectivity index (χ1n) is 4.79. The van der Waals surface area contributed by atoms with Crippen molar-refractivity contribution in [3.63, 3.8) is 0 Å². The molecular weight excluding hydrogens is 192 g/mol. The third kappa shape index (κ3) is 2.17. The van der Waals surface area contributed by atoms with E-state index in [2.05, 4.69) is 16.4 Å². The van der Waals surface area contributed by atoms with Gasteiger partial charge in [-0.05, 0) is 6.42 Å². The molecule has 1 saturated heterocycles. The molecule has 1 atom stereocenters. The van der Waals surface area contributed by atoms with Gasteiger partial charge >= 0.3 is 0 Å². The van der Waals surface area contributed by atoms with E-state index in [1.165, 1.54) is 6.20 Å². The van der Waals surface area contributed by atoms with Crippen LogP contribution >= 0.6 is 0 Å². The van der Waals surface area contributed by atoms with Crippen LogP contribution in [0.2, 0.25) is 0 Å². The van der Waals surface area contributed by atoms with Crippen molar-refractivity contribution >= 4 is 11.5 Å². The Bertz CT molecular complexity index is 393. The number of nitrogen functional groups attached to an aromatic ring is 1. The lowest BCUT2D eigenvalue weighted by molar-refractivity contribution is 0.195. The Labute approximate surface area is 87.9 Å². The molecule has 5 nitrogen and oxygen atoms in total. The zero-order chi connectivity index (χ0) is 10.7. The summed E-state index contributed by atoms with van der Waals surface area (Å²) < 4.78 is 5.24. The number of ether oxygens (including phenoxy) is 1. The van der Waals surface area contributed by atoms with Gasteiger partial charge in [0.1, 0.15) is 11.9 Å². The minimum atomic E-state index is 0.263. The lowest BCUT2D eigenvalue weighted by Crippen LogP contribution is -2.19. The molecule has 1 aromatic rings. The highest BCUT2D eigenvalue weighted by atomic mass is 16.5. The van der Waals surface area contributed by atoms with E-state index < -0.39 is 0 Å². The fourth-order valence-electron chi connectivity index (χ4n) is 1.55. The maximum absolute atomic E-state index is 8.88. The molecule has 1 aliphatic heterocycles. The molecule has 0 saturated carbocycles. The first kappa shape index (κ1) is 9.74. The molecule has 0 aromatic carbocycles. The van der Waals surface area contributed by atoms with Gasteiger partial charge in [0.15, 0.2) is 0 Å². The molecule has 15 heavy (non-hydrogen) atoms. The number of nitrogens with two attached hydrogens (primary N) is 1. The molecule has 1 fully saturated rings. The van der Waals surface area contributed by atoms with E-state index in [4.69, 9.17) is 15.7 Å². The van der Waals surface area contributed by atoms with Crippen molar-refractivity contribution in [2.24, 2.45) is 0 Å². The molecule has 0 bridgehead atoms. The summed E-state index contributed by atoms with van der Waals surface area (Å²) in [6.07, 6.45) is 2.43. The molecule has 0 aliphatic carbocycles. The smallest absolute Gasteiger partial charge is 0.125 e.